The van der Waals surface area contributed by atoms with Gasteiger partial charge in [-0.25, -0.2) is 9.13 Å². The van der Waals surface area contributed by atoms with E-state index in [1.807, 2.05) is 6.08 Å². The van der Waals surface area contributed by atoms with Crippen molar-refractivity contribution in [1.29, 1.82) is 0 Å². The standard InChI is InChI=1S/C24H23N2S/c1-3-19-8-10-20(11-9-19)16-25-18-26(24-7-5-4-6-23(24)25)17-21-12-14-22(27-2)15-13-21/h3-15,18H,1,16-17H2,2H3/q+1. The molecule has 0 spiro atoms. The number of nitrogens with zero attached hydrogens (tertiary/aromatic N) is 2. The van der Waals surface area contributed by atoms with Crippen molar-refractivity contribution in [3.63, 3.8) is 0 Å². The minimum atomic E-state index is 0.857. The number of imidazole rings is 1. The Labute approximate surface area is 164 Å². The quantitative estimate of drug-likeness (QED) is 0.326. The van der Waals surface area contributed by atoms with Crippen molar-refractivity contribution in [3.05, 3.63) is 102 Å². The maximum absolute atomic E-state index is 3.83. The second-order valence-electron chi connectivity index (χ2n) is 6.65. The minimum absolute atomic E-state index is 0.857. The smallest absolute Gasteiger partial charge is 0.226 e. The van der Waals surface area contributed by atoms with Gasteiger partial charge >= 0.3 is 0 Å². The number of hydrogen-bond donors (Lipinski definition) is 0. The summed E-state index contributed by atoms with van der Waals surface area (Å²) in [6.45, 7) is 5.56. The molecule has 0 saturated heterocycles. The summed E-state index contributed by atoms with van der Waals surface area (Å²) < 4.78 is 4.66. The molecule has 0 fully saturated rings. The van der Waals surface area contributed by atoms with E-state index in [4.69, 9.17) is 0 Å². The van der Waals surface area contributed by atoms with Gasteiger partial charge in [0.1, 0.15) is 13.1 Å². The molecule has 3 heteroatoms. The lowest BCUT2D eigenvalue weighted by Crippen LogP contribution is -2.32. The van der Waals surface area contributed by atoms with Crippen LogP contribution in [0.4, 0.5) is 0 Å². The Hall–Kier alpha value is -2.78. The van der Waals surface area contributed by atoms with Crippen LogP contribution in [0, 0.1) is 0 Å². The van der Waals surface area contributed by atoms with Crippen LogP contribution in [0.5, 0.6) is 0 Å². The van der Waals surface area contributed by atoms with Gasteiger partial charge in [0.05, 0.1) is 0 Å². The van der Waals surface area contributed by atoms with Crippen molar-refractivity contribution in [3.8, 4) is 0 Å². The molecule has 0 unspecified atom stereocenters. The molecule has 0 N–H and O–H groups in total. The Morgan fingerprint density at radius 2 is 1.63 bits per heavy atom. The highest BCUT2D eigenvalue weighted by atomic mass is 32.2. The second kappa shape index (κ2) is 7.85. The highest BCUT2D eigenvalue weighted by Gasteiger charge is 2.15. The van der Waals surface area contributed by atoms with Gasteiger partial charge in [-0.15, -0.1) is 11.8 Å². The van der Waals surface area contributed by atoms with Crippen molar-refractivity contribution >= 4 is 28.9 Å². The number of para-hydroxylation sites is 2. The lowest BCUT2D eigenvalue weighted by Gasteiger charge is -2.01. The molecular formula is C24H23N2S+. The van der Waals surface area contributed by atoms with Crippen LogP contribution in [0.3, 0.4) is 0 Å². The average molecular weight is 372 g/mol. The molecule has 0 radical (unpaired) electrons. The van der Waals surface area contributed by atoms with Gasteiger partial charge in [0, 0.05) is 4.90 Å². The normalized spacial score (nSPS) is 11.0. The lowest BCUT2D eigenvalue weighted by molar-refractivity contribution is -0.663. The maximum Gasteiger partial charge on any atom is 0.245 e. The Morgan fingerprint density at radius 1 is 0.926 bits per heavy atom. The topological polar surface area (TPSA) is 8.81 Å². The number of fused-ring (bicyclic) bond motifs is 1. The summed E-state index contributed by atoms with van der Waals surface area (Å²) >= 11 is 1.78. The van der Waals surface area contributed by atoms with Crippen molar-refractivity contribution in [1.82, 2.24) is 4.57 Å². The monoisotopic (exact) mass is 371 g/mol. The highest BCUT2D eigenvalue weighted by molar-refractivity contribution is 7.98. The van der Waals surface area contributed by atoms with Gasteiger partial charge in [0.25, 0.3) is 0 Å². The first-order valence-corrected chi connectivity index (χ1v) is 10.3. The third-order valence-corrected chi connectivity index (χ3v) is 5.60. The van der Waals surface area contributed by atoms with E-state index in [0.717, 1.165) is 18.7 Å². The SMILES string of the molecule is C=Cc1ccc(Cn2c[n+](Cc3ccc(SC)cc3)c3ccccc32)cc1. The van der Waals surface area contributed by atoms with Crippen molar-refractivity contribution in [2.45, 2.75) is 18.0 Å². The van der Waals surface area contributed by atoms with Crippen LogP contribution in [0.25, 0.3) is 17.1 Å². The molecule has 2 nitrogen and oxygen atoms in total. The summed E-state index contributed by atoms with van der Waals surface area (Å²) in [5, 5.41) is 0. The lowest BCUT2D eigenvalue weighted by atomic mass is 10.1. The van der Waals surface area contributed by atoms with E-state index in [-0.39, 0.29) is 0 Å². The average Bonchev–Trinajstić information content (AvgIpc) is 3.06. The second-order valence-corrected chi connectivity index (χ2v) is 7.53. The number of thioether (sulfide) groups is 1. The number of aromatic nitrogens is 2. The van der Waals surface area contributed by atoms with Crippen LogP contribution in [0.2, 0.25) is 0 Å². The van der Waals surface area contributed by atoms with E-state index in [0.29, 0.717) is 0 Å². The number of benzene rings is 3. The molecule has 0 saturated carbocycles. The van der Waals surface area contributed by atoms with Gasteiger partial charge in [0.2, 0.25) is 6.33 Å². The third-order valence-electron chi connectivity index (χ3n) is 4.86. The zero-order chi connectivity index (χ0) is 18.6. The molecule has 1 aromatic heterocycles. The Balaban J connectivity index is 1.66. The predicted molar refractivity (Wildman–Crippen MR) is 115 cm³/mol. The van der Waals surface area contributed by atoms with Crippen LogP contribution in [0.15, 0.2) is 90.6 Å². The van der Waals surface area contributed by atoms with E-state index in [9.17, 15) is 0 Å². The summed E-state index contributed by atoms with van der Waals surface area (Å²) in [6, 6.07) is 26.0. The van der Waals surface area contributed by atoms with Crippen LogP contribution >= 0.6 is 11.8 Å². The summed E-state index contributed by atoms with van der Waals surface area (Å²) in [6.07, 6.45) is 6.22. The Bertz CT molecular complexity index is 1060. The molecule has 1 heterocycles. The fourth-order valence-electron chi connectivity index (χ4n) is 3.38. The first-order chi connectivity index (χ1) is 13.3. The van der Waals surface area contributed by atoms with Crippen LogP contribution in [-0.2, 0) is 13.1 Å². The van der Waals surface area contributed by atoms with E-state index in [1.165, 1.54) is 27.1 Å². The van der Waals surface area contributed by atoms with Gasteiger partial charge in [0.15, 0.2) is 11.0 Å². The molecule has 0 bridgehead atoms. The van der Waals surface area contributed by atoms with Crippen LogP contribution < -0.4 is 4.57 Å². The van der Waals surface area contributed by atoms with Crippen molar-refractivity contribution < 1.29 is 4.57 Å². The van der Waals surface area contributed by atoms with Gasteiger partial charge in [-0.2, -0.15) is 0 Å². The maximum atomic E-state index is 3.83. The van der Waals surface area contributed by atoms with Gasteiger partial charge in [-0.1, -0.05) is 61.2 Å². The molecule has 4 aromatic rings. The zero-order valence-corrected chi connectivity index (χ0v) is 16.3. The molecule has 0 aliphatic heterocycles. The predicted octanol–water partition coefficient (Wildman–Crippen LogP) is 5.39. The largest absolute Gasteiger partial charge is 0.245 e. The molecule has 4 rings (SSSR count). The van der Waals surface area contributed by atoms with E-state index in [1.54, 1.807) is 11.8 Å². The minimum Gasteiger partial charge on any atom is -0.226 e. The summed E-state index contributed by atoms with van der Waals surface area (Å²) in [5.74, 6) is 0. The summed E-state index contributed by atoms with van der Waals surface area (Å²) in [5.41, 5.74) is 6.27. The van der Waals surface area contributed by atoms with Gasteiger partial charge < -0.3 is 0 Å². The fourth-order valence-corrected chi connectivity index (χ4v) is 3.79. The molecule has 3 aromatic carbocycles. The highest BCUT2D eigenvalue weighted by Crippen LogP contribution is 2.17. The van der Waals surface area contributed by atoms with Crippen LogP contribution in [0.1, 0.15) is 16.7 Å². The number of rotatable bonds is 6. The zero-order valence-electron chi connectivity index (χ0n) is 15.5. The summed E-state index contributed by atoms with van der Waals surface area (Å²) in [7, 11) is 0. The molecule has 0 aliphatic rings. The Kier molecular flexibility index (Phi) is 5.12. The molecule has 27 heavy (non-hydrogen) atoms. The summed E-state index contributed by atoms with van der Waals surface area (Å²) in [4.78, 5) is 1.30. The van der Waals surface area contributed by atoms with Crippen molar-refractivity contribution in [2.75, 3.05) is 6.26 Å². The Morgan fingerprint density at radius 3 is 2.33 bits per heavy atom. The number of hydrogen-bond acceptors (Lipinski definition) is 1. The first-order valence-electron chi connectivity index (χ1n) is 9.08. The fraction of sp³-hybridized carbons (Fsp3) is 0.125. The van der Waals surface area contributed by atoms with Gasteiger partial charge in [-0.3, -0.25) is 0 Å². The van der Waals surface area contributed by atoms with Crippen LogP contribution in [-0.4, -0.2) is 10.8 Å². The van der Waals surface area contributed by atoms with E-state index >= 15 is 0 Å². The van der Waals surface area contributed by atoms with Gasteiger partial charge in [-0.05, 0) is 47.2 Å². The van der Waals surface area contributed by atoms with Crippen molar-refractivity contribution in [2.24, 2.45) is 0 Å². The molecular weight excluding hydrogens is 348 g/mol. The van der Waals surface area contributed by atoms with E-state index < -0.39 is 0 Å². The third kappa shape index (κ3) is 3.83. The first kappa shape index (κ1) is 17.6. The molecule has 0 amide bonds. The van der Waals surface area contributed by atoms with E-state index in [2.05, 4.69) is 101 Å². The molecule has 134 valence electrons. The molecule has 0 atom stereocenters. The molecule has 0 aliphatic carbocycles.